The van der Waals surface area contributed by atoms with E-state index in [4.69, 9.17) is 0 Å². The largest absolute Gasteiger partial charge is 0.0654 e. The van der Waals surface area contributed by atoms with E-state index in [1.54, 1.807) is 0 Å². The first-order valence-electron chi connectivity index (χ1n) is 5.81. The van der Waals surface area contributed by atoms with Crippen molar-refractivity contribution in [1.82, 2.24) is 0 Å². The van der Waals surface area contributed by atoms with Crippen LogP contribution in [0.2, 0.25) is 6.04 Å². The standard InChI is InChI=1S/C10H21Si4/c1-2-3-4-5-6-7-8-9-10-14(11,12)13/h2-10H2,1H3. The predicted octanol–water partition coefficient (Wildman–Crippen LogP) is 2.57. The van der Waals surface area contributed by atoms with Gasteiger partial charge < -0.3 is 0 Å². The molecular formula is C10H21Si4. The van der Waals surface area contributed by atoms with E-state index in [2.05, 4.69) is 36.2 Å². The molecule has 0 aromatic carbocycles. The third kappa shape index (κ3) is 12.9. The van der Waals surface area contributed by atoms with E-state index < -0.39 is 6.63 Å². The van der Waals surface area contributed by atoms with Gasteiger partial charge in [0.05, 0.1) is 0 Å². The molecule has 77 valence electrons. The van der Waals surface area contributed by atoms with Gasteiger partial charge in [0.25, 0.3) is 0 Å². The van der Waals surface area contributed by atoms with Gasteiger partial charge in [0, 0.05) is 35.9 Å². The smallest absolute Gasteiger partial charge is 0.0115 e. The van der Waals surface area contributed by atoms with Crippen LogP contribution >= 0.6 is 0 Å². The summed E-state index contributed by atoms with van der Waals surface area (Å²) in [6.45, 7) is 0.948. The lowest BCUT2D eigenvalue weighted by Crippen LogP contribution is -2.37. The monoisotopic (exact) mass is 253 g/mol. The summed E-state index contributed by atoms with van der Waals surface area (Å²) in [7, 11) is 11.1. The number of rotatable bonds is 9. The second-order valence-corrected chi connectivity index (χ2v) is 18.6. The Hall–Kier alpha value is 0.868. The van der Waals surface area contributed by atoms with E-state index in [-0.39, 0.29) is 0 Å². The number of unbranched alkanes of at least 4 members (excludes halogenated alkanes) is 7. The molecule has 0 amide bonds. The van der Waals surface area contributed by atoms with Crippen LogP contribution in [0.15, 0.2) is 0 Å². The quantitative estimate of drug-likeness (QED) is 0.438. The summed E-state index contributed by atoms with van der Waals surface area (Å²) in [4.78, 5) is 0. The summed E-state index contributed by atoms with van der Waals surface area (Å²) in [5.41, 5.74) is 0. The fourth-order valence-electron chi connectivity index (χ4n) is 1.52. The van der Waals surface area contributed by atoms with Gasteiger partial charge in [-0.2, -0.15) is 0 Å². The van der Waals surface area contributed by atoms with Crippen molar-refractivity contribution in [1.29, 1.82) is 0 Å². The normalized spacial score (nSPS) is 12.0. The lowest BCUT2D eigenvalue weighted by molar-refractivity contribution is 0.585. The molecule has 0 saturated heterocycles. The first kappa shape index (κ1) is 14.9. The van der Waals surface area contributed by atoms with Crippen molar-refractivity contribution in [2.24, 2.45) is 0 Å². The first-order chi connectivity index (χ1) is 6.56. The summed E-state index contributed by atoms with van der Waals surface area (Å²) in [5.74, 6) is 0. The van der Waals surface area contributed by atoms with Crippen LogP contribution in [0.5, 0.6) is 0 Å². The third-order valence-electron chi connectivity index (χ3n) is 2.41. The maximum Gasteiger partial charge on any atom is 0.0115 e. The summed E-state index contributed by atoms with van der Waals surface area (Å²) >= 11 is 0. The lowest BCUT2D eigenvalue weighted by Gasteiger charge is -2.14. The van der Waals surface area contributed by atoms with Crippen molar-refractivity contribution in [3.8, 4) is 0 Å². The fourth-order valence-corrected chi connectivity index (χ4v) is 3.90. The van der Waals surface area contributed by atoms with Crippen LogP contribution in [0.25, 0.3) is 0 Å². The van der Waals surface area contributed by atoms with Crippen molar-refractivity contribution in [2.75, 3.05) is 0 Å². The minimum Gasteiger partial charge on any atom is -0.0654 e. The second kappa shape index (κ2) is 9.12. The highest BCUT2D eigenvalue weighted by Crippen LogP contribution is 2.11. The zero-order valence-electron chi connectivity index (χ0n) is 9.36. The molecule has 0 nitrogen and oxygen atoms in total. The Labute approximate surface area is 100 Å². The molecule has 14 heavy (non-hydrogen) atoms. The molecule has 0 aliphatic carbocycles. The summed E-state index contributed by atoms with van der Waals surface area (Å²) in [6, 6.07) is 1.27. The van der Waals surface area contributed by atoms with Crippen LogP contribution in [0.3, 0.4) is 0 Å². The maximum atomic E-state index is 3.70. The Morgan fingerprint density at radius 1 is 0.714 bits per heavy atom. The molecule has 0 saturated carbocycles. The zero-order valence-corrected chi connectivity index (χ0v) is 13.4. The summed E-state index contributed by atoms with van der Waals surface area (Å²) in [6.07, 6.45) is 11.2. The number of hydrogen-bond donors (Lipinski definition) is 0. The van der Waals surface area contributed by atoms with Crippen molar-refractivity contribution < 1.29 is 0 Å². The minimum absolute atomic E-state index is 1.27. The topological polar surface area (TPSA) is 0 Å². The predicted molar refractivity (Wildman–Crippen MR) is 70.4 cm³/mol. The fraction of sp³-hybridized carbons (Fsp3) is 1.00. The average Bonchev–Trinajstić information content (AvgIpc) is 2.08. The molecule has 0 aliphatic rings. The van der Waals surface area contributed by atoms with Gasteiger partial charge in [0.15, 0.2) is 0 Å². The molecule has 0 aliphatic heterocycles. The molecule has 0 aromatic rings. The van der Waals surface area contributed by atoms with Crippen LogP contribution in [0.4, 0.5) is 0 Å². The third-order valence-corrected chi connectivity index (χ3v) is 5.76. The highest BCUT2D eigenvalue weighted by atomic mass is 29.8. The molecule has 0 fully saturated rings. The SMILES string of the molecule is CCCCCCCCCC[Si]([Si])([Si])[Si]. The minimum atomic E-state index is -1.32. The molecule has 0 N–H and O–H groups in total. The highest BCUT2D eigenvalue weighted by Gasteiger charge is 2.11. The molecule has 0 atom stereocenters. The van der Waals surface area contributed by atoms with Crippen molar-refractivity contribution >= 4 is 35.9 Å². The summed E-state index contributed by atoms with van der Waals surface area (Å²) in [5, 5.41) is 0. The van der Waals surface area contributed by atoms with Crippen molar-refractivity contribution in [2.45, 2.75) is 64.3 Å². The highest BCUT2D eigenvalue weighted by molar-refractivity contribution is 7.60. The molecule has 0 bridgehead atoms. The van der Waals surface area contributed by atoms with Crippen LogP contribution in [-0.4, -0.2) is 35.9 Å². The molecule has 4 heteroatoms. The van der Waals surface area contributed by atoms with Gasteiger partial charge in [0.1, 0.15) is 0 Å². The van der Waals surface area contributed by atoms with Crippen LogP contribution in [0, 0.1) is 0 Å². The Morgan fingerprint density at radius 2 is 1.14 bits per heavy atom. The number of hydrogen-bond acceptors (Lipinski definition) is 0. The van der Waals surface area contributed by atoms with E-state index in [0.717, 1.165) is 0 Å². The van der Waals surface area contributed by atoms with Gasteiger partial charge >= 0.3 is 0 Å². The zero-order chi connectivity index (χ0) is 10.9. The average molecular weight is 254 g/mol. The van der Waals surface area contributed by atoms with E-state index in [0.29, 0.717) is 0 Å². The van der Waals surface area contributed by atoms with Crippen molar-refractivity contribution in [3.05, 3.63) is 0 Å². The second-order valence-electron chi connectivity index (χ2n) is 4.13. The molecule has 0 spiro atoms. The van der Waals surface area contributed by atoms with Gasteiger partial charge in [0.2, 0.25) is 0 Å². The van der Waals surface area contributed by atoms with E-state index in [1.165, 1.54) is 57.4 Å². The van der Waals surface area contributed by atoms with Crippen LogP contribution in [-0.2, 0) is 0 Å². The lowest BCUT2D eigenvalue weighted by atomic mass is 10.1. The first-order valence-corrected chi connectivity index (χ1v) is 12.5. The summed E-state index contributed by atoms with van der Waals surface area (Å²) < 4.78 is 0. The Balaban J connectivity index is 2.99. The molecular weight excluding hydrogens is 232 g/mol. The molecule has 0 aromatic heterocycles. The molecule has 0 rings (SSSR count). The molecule has 0 heterocycles. The van der Waals surface area contributed by atoms with E-state index in [9.17, 15) is 0 Å². The van der Waals surface area contributed by atoms with Gasteiger partial charge in [-0.05, 0) is 0 Å². The van der Waals surface area contributed by atoms with Crippen molar-refractivity contribution in [3.63, 3.8) is 0 Å². The van der Waals surface area contributed by atoms with Gasteiger partial charge in [-0.1, -0.05) is 64.3 Å². The van der Waals surface area contributed by atoms with Gasteiger partial charge in [-0.15, -0.1) is 0 Å². The van der Waals surface area contributed by atoms with Gasteiger partial charge in [-0.3, -0.25) is 0 Å². The molecule has 0 unspecified atom stereocenters. The Bertz CT molecular complexity index is 120. The Morgan fingerprint density at radius 3 is 1.57 bits per heavy atom. The van der Waals surface area contributed by atoms with Crippen LogP contribution < -0.4 is 0 Å². The maximum absolute atomic E-state index is 3.70. The van der Waals surface area contributed by atoms with Gasteiger partial charge in [-0.25, -0.2) is 0 Å². The molecule has 9 radical (unpaired) electrons. The Kier molecular flexibility index (Phi) is 9.68. The van der Waals surface area contributed by atoms with E-state index >= 15 is 0 Å². The van der Waals surface area contributed by atoms with Crippen LogP contribution in [0.1, 0.15) is 58.3 Å². The van der Waals surface area contributed by atoms with E-state index in [1.807, 2.05) is 0 Å².